The summed E-state index contributed by atoms with van der Waals surface area (Å²) in [5, 5.41) is 22.0. The Bertz CT molecular complexity index is 796. The lowest BCUT2D eigenvalue weighted by atomic mass is 10.1. The normalized spacial score (nSPS) is 10.9. The van der Waals surface area contributed by atoms with Gasteiger partial charge in [-0.05, 0) is 69.0 Å². The first-order chi connectivity index (χ1) is 11.0. The van der Waals surface area contributed by atoms with Crippen LogP contribution in [-0.4, -0.2) is 11.0 Å². The third-order valence-corrected chi connectivity index (χ3v) is 4.46. The zero-order valence-corrected chi connectivity index (χ0v) is 16.2. The number of rotatable bonds is 4. The third-order valence-electron chi connectivity index (χ3n) is 3.02. The number of carbonyl (C=O) groups is 1. The highest BCUT2D eigenvalue weighted by Crippen LogP contribution is 2.28. The van der Waals surface area contributed by atoms with E-state index in [4.69, 9.17) is 0 Å². The number of nitriles is 1. The fourth-order valence-corrected chi connectivity index (χ4v) is 3.76. The fourth-order valence-electron chi connectivity index (χ4n) is 1.87. The van der Waals surface area contributed by atoms with Gasteiger partial charge >= 0.3 is 0 Å². The molecule has 2 aromatic rings. The van der Waals surface area contributed by atoms with Crippen LogP contribution in [0.1, 0.15) is 11.1 Å². The molecule has 1 amide bonds. The van der Waals surface area contributed by atoms with Crippen molar-refractivity contribution in [3.8, 4) is 11.8 Å². The number of phenols is 1. The minimum absolute atomic E-state index is 0.0472. The van der Waals surface area contributed by atoms with E-state index in [0.717, 1.165) is 9.13 Å². The van der Waals surface area contributed by atoms with Gasteiger partial charge in [-0.2, -0.15) is 5.26 Å². The quantitative estimate of drug-likeness (QED) is 0.359. The predicted octanol–water partition coefficient (Wildman–Crippen LogP) is 3.82. The van der Waals surface area contributed by atoms with Gasteiger partial charge in [0.05, 0.1) is 3.57 Å². The molecule has 0 bridgehead atoms. The first-order valence-electron chi connectivity index (χ1n) is 6.63. The van der Waals surface area contributed by atoms with E-state index in [0.29, 0.717) is 15.7 Å². The summed E-state index contributed by atoms with van der Waals surface area (Å²) >= 11 is 4.13. The zero-order valence-electron chi connectivity index (χ0n) is 11.9. The number of hydrogen-bond donors (Lipinski definition) is 2. The lowest BCUT2D eigenvalue weighted by molar-refractivity contribution is -0.117. The highest BCUT2D eigenvalue weighted by atomic mass is 127. The number of halogens is 2. The van der Waals surface area contributed by atoms with E-state index in [1.807, 2.05) is 65.1 Å². The third kappa shape index (κ3) is 4.94. The van der Waals surface area contributed by atoms with E-state index in [1.54, 1.807) is 6.07 Å². The van der Waals surface area contributed by atoms with Gasteiger partial charge in [0.2, 0.25) is 0 Å². The largest absolute Gasteiger partial charge is 0.506 e. The number of hydrogen-bond acceptors (Lipinski definition) is 3. The summed E-state index contributed by atoms with van der Waals surface area (Å²) in [6, 6.07) is 14.9. The van der Waals surface area contributed by atoms with E-state index in [1.165, 1.54) is 6.08 Å². The van der Waals surface area contributed by atoms with Crippen LogP contribution < -0.4 is 5.32 Å². The van der Waals surface area contributed by atoms with Gasteiger partial charge in [0.1, 0.15) is 17.4 Å². The van der Waals surface area contributed by atoms with Crippen LogP contribution in [0.2, 0.25) is 0 Å². The Labute approximate surface area is 161 Å². The maximum atomic E-state index is 12.1. The standard InChI is InChI=1S/C17H12I2N2O2/c18-14-7-12(16(22)15(19)8-14)6-13(9-20)17(23)21-10-11-4-2-1-3-5-11/h1-8,22H,10H2,(H,21,23). The Morgan fingerprint density at radius 3 is 2.61 bits per heavy atom. The van der Waals surface area contributed by atoms with Gasteiger partial charge in [0, 0.05) is 15.7 Å². The Morgan fingerprint density at radius 1 is 1.26 bits per heavy atom. The summed E-state index contributed by atoms with van der Waals surface area (Å²) in [4.78, 5) is 12.1. The van der Waals surface area contributed by atoms with Crippen LogP contribution in [0.4, 0.5) is 0 Å². The molecule has 4 nitrogen and oxygen atoms in total. The van der Waals surface area contributed by atoms with Crippen LogP contribution in [0, 0.1) is 18.5 Å². The molecule has 0 unspecified atom stereocenters. The predicted molar refractivity (Wildman–Crippen MR) is 105 cm³/mol. The van der Waals surface area contributed by atoms with Crippen LogP contribution in [0.5, 0.6) is 5.75 Å². The Morgan fingerprint density at radius 2 is 1.96 bits per heavy atom. The molecule has 0 spiro atoms. The second kappa shape index (κ2) is 8.31. The van der Waals surface area contributed by atoms with Crippen LogP contribution in [0.3, 0.4) is 0 Å². The summed E-state index contributed by atoms with van der Waals surface area (Å²) in [7, 11) is 0. The molecule has 2 aromatic carbocycles. The van der Waals surface area contributed by atoms with Crippen molar-refractivity contribution in [2.24, 2.45) is 0 Å². The molecular formula is C17H12I2N2O2. The van der Waals surface area contributed by atoms with Crippen LogP contribution >= 0.6 is 45.2 Å². The van der Waals surface area contributed by atoms with E-state index < -0.39 is 5.91 Å². The van der Waals surface area contributed by atoms with Crippen molar-refractivity contribution in [1.29, 1.82) is 5.26 Å². The summed E-state index contributed by atoms with van der Waals surface area (Å²) < 4.78 is 1.58. The van der Waals surface area contributed by atoms with Crippen molar-refractivity contribution < 1.29 is 9.90 Å². The van der Waals surface area contributed by atoms with Crippen LogP contribution in [0.25, 0.3) is 6.08 Å². The molecule has 2 N–H and O–H groups in total. The van der Waals surface area contributed by atoms with Gasteiger partial charge in [-0.15, -0.1) is 0 Å². The fraction of sp³-hybridized carbons (Fsp3) is 0.0588. The molecular weight excluding hydrogens is 518 g/mol. The molecule has 116 valence electrons. The molecule has 0 aliphatic carbocycles. The molecule has 6 heteroatoms. The SMILES string of the molecule is N#CC(=Cc1cc(I)cc(I)c1O)C(=O)NCc1ccccc1. The Kier molecular flexibility index (Phi) is 6.41. The highest BCUT2D eigenvalue weighted by Gasteiger charge is 2.12. The topological polar surface area (TPSA) is 73.1 Å². The number of nitrogens with zero attached hydrogens (tertiary/aromatic N) is 1. The first-order valence-corrected chi connectivity index (χ1v) is 8.79. The lowest BCUT2D eigenvalue weighted by Gasteiger charge is -2.06. The molecule has 0 radical (unpaired) electrons. The summed E-state index contributed by atoms with van der Waals surface area (Å²) in [6.07, 6.45) is 1.40. The van der Waals surface area contributed by atoms with Crippen molar-refractivity contribution >= 4 is 57.2 Å². The van der Waals surface area contributed by atoms with Crippen LogP contribution in [-0.2, 0) is 11.3 Å². The summed E-state index contributed by atoms with van der Waals surface area (Å²) in [5.74, 6) is -0.403. The van der Waals surface area contributed by atoms with Gasteiger partial charge in [0.15, 0.2) is 0 Å². The van der Waals surface area contributed by atoms with E-state index in [-0.39, 0.29) is 11.3 Å². The van der Waals surface area contributed by atoms with Gasteiger partial charge in [-0.3, -0.25) is 4.79 Å². The summed E-state index contributed by atoms with van der Waals surface area (Å²) in [6.45, 7) is 0.342. The van der Waals surface area contributed by atoms with Crippen molar-refractivity contribution in [3.63, 3.8) is 0 Å². The number of nitrogens with one attached hydrogen (secondary N) is 1. The minimum Gasteiger partial charge on any atom is -0.506 e. The summed E-state index contributed by atoms with van der Waals surface area (Å²) in [5.41, 5.74) is 1.35. The van der Waals surface area contributed by atoms with Gasteiger partial charge in [-0.1, -0.05) is 30.3 Å². The average molecular weight is 530 g/mol. The average Bonchev–Trinajstić information content (AvgIpc) is 2.55. The van der Waals surface area contributed by atoms with Crippen molar-refractivity contribution in [2.45, 2.75) is 6.54 Å². The molecule has 0 fully saturated rings. The monoisotopic (exact) mass is 530 g/mol. The van der Waals surface area contributed by atoms with E-state index >= 15 is 0 Å². The molecule has 0 aliphatic heterocycles. The Hall–Kier alpha value is -1.60. The maximum Gasteiger partial charge on any atom is 0.262 e. The van der Waals surface area contributed by atoms with E-state index in [2.05, 4.69) is 27.9 Å². The molecule has 0 saturated carbocycles. The highest BCUT2D eigenvalue weighted by molar-refractivity contribution is 14.1. The molecule has 2 rings (SSSR count). The van der Waals surface area contributed by atoms with Gasteiger partial charge in [0.25, 0.3) is 5.91 Å². The zero-order chi connectivity index (χ0) is 16.8. The maximum absolute atomic E-state index is 12.1. The van der Waals surface area contributed by atoms with Crippen molar-refractivity contribution in [1.82, 2.24) is 5.32 Å². The van der Waals surface area contributed by atoms with Gasteiger partial charge < -0.3 is 10.4 Å². The number of benzene rings is 2. The van der Waals surface area contributed by atoms with Crippen molar-refractivity contribution in [2.75, 3.05) is 0 Å². The molecule has 0 aliphatic rings. The Balaban J connectivity index is 2.19. The minimum atomic E-state index is -0.468. The van der Waals surface area contributed by atoms with Crippen LogP contribution in [0.15, 0.2) is 48.0 Å². The second-order valence-corrected chi connectivity index (χ2v) is 7.07. The smallest absolute Gasteiger partial charge is 0.262 e. The lowest BCUT2D eigenvalue weighted by Crippen LogP contribution is -2.23. The van der Waals surface area contributed by atoms with E-state index in [9.17, 15) is 15.2 Å². The second-order valence-electron chi connectivity index (χ2n) is 4.66. The number of carbonyl (C=O) groups excluding carboxylic acids is 1. The molecule has 0 aromatic heterocycles. The van der Waals surface area contributed by atoms with Crippen molar-refractivity contribution in [3.05, 3.63) is 66.3 Å². The number of aromatic hydroxyl groups is 1. The number of amides is 1. The molecule has 0 saturated heterocycles. The number of phenolic OH excluding ortho intramolecular Hbond substituents is 1. The molecule has 23 heavy (non-hydrogen) atoms. The molecule has 0 heterocycles. The first kappa shape index (κ1) is 17.7. The molecule has 0 atom stereocenters. The van der Waals surface area contributed by atoms with Gasteiger partial charge in [-0.25, -0.2) is 0 Å².